The van der Waals surface area contributed by atoms with Crippen molar-refractivity contribution in [3.63, 3.8) is 0 Å². The van der Waals surface area contributed by atoms with Gasteiger partial charge in [-0.3, -0.25) is 19.2 Å². The minimum atomic E-state index is -1.67. The van der Waals surface area contributed by atoms with Gasteiger partial charge in [0.1, 0.15) is 30.5 Å². The predicted octanol–water partition coefficient (Wildman–Crippen LogP) is 3.80. The zero-order valence-electron chi connectivity index (χ0n) is 28.1. The summed E-state index contributed by atoms with van der Waals surface area (Å²) < 4.78 is 35.7. The summed E-state index contributed by atoms with van der Waals surface area (Å²) in [4.78, 5) is 64.2. The lowest BCUT2D eigenvalue weighted by atomic mass is 9.54. The number of hydrogen-bond acceptors (Lipinski definition) is 12. The third-order valence-corrected chi connectivity index (χ3v) is 10.0. The Labute approximate surface area is 270 Å². The highest BCUT2D eigenvalue weighted by molar-refractivity contribution is 5.92. The summed E-state index contributed by atoms with van der Waals surface area (Å²) in [5, 5.41) is 12.2. The molecule has 12 nitrogen and oxygen atoms in total. The number of epoxide rings is 1. The lowest BCUT2D eigenvalue weighted by molar-refractivity contribution is -0.223. The van der Waals surface area contributed by atoms with Crippen LogP contribution in [0.15, 0.2) is 22.8 Å². The van der Waals surface area contributed by atoms with Crippen molar-refractivity contribution < 1.29 is 57.5 Å². The van der Waals surface area contributed by atoms with E-state index in [1.807, 2.05) is 6.92 Å². The summed E-state index contributed by atoms with van der Waals surface area (Å²) >= 11 is 0. The molecule has 2 heterocycles. The van der Waals surface area contributed by atoms with Crippen molar-refractivity contribution in [2.45, 2.75) is 149 Å². The Bertz CT molecular complexity index is 1300. The van der Waals surface area contributed by atoms with Crippen molar-refractivity contribution >= 4 is 29.8 Å². The molecule has 1 saturated carbocycles. The predicted molar refractivity (Wildman–Crippen MR) is 162 cm³/mol. The molecule has 2 fully saturated rings. The number of esters is 5. The number of carbonyl (C=O) groups is 5. The summed E-state index contributed by atoms with van der Waals surface area (Å²) in [5.74, 6) is -4.15. The van der Waals surface area contributed by atoms with Crippen LogP contribution >= 0.6 is 0 Å². The van der Waals surface area contributed by atoms with Gasteiger partial charge in [0.05, 0.1) is 17.1 Å². The van der Waals surface area contributed by atoms with Gasteiger partial charge in [-0.05, 0) is 38.8 Å². The lowest BCUT2D eigenvalue weighted by Gasteiger charge is -2.54. The number of hydrogen-bond donors (Lipinski definition) is 1. The highest BCUT2D eigenvalue weighted by Gasteiger charge is 2.75. The van der Waals surface area contributed by atoms with E-state index in [1.165, 1.54) is 20.8 Å². The first-order chi connectivity index (χ1) is 21.6. The summed E-state index contributed by atoms with van der Waals surface area (Å²) in [6, 6.07) is 0. The van der Waals surface area contributed by atoms with Gasteiger partial charge in [0.25, 0.3) is 0 Å². The third-order valence-electron chi connectivity index (χ3n) is 10.0. The molecule has 1 N–H and O–H groups in total. The standard InChI is InChI=1S/C34H48O12/c1-9-10-11-12-13-14-25(38)45-28-17(2)15-22-26(18(3)32(40)44-22)29(42-20(5)36)30-33(7,31(27(28)39)43-21(6)37)23(41-19(4)35)16-24-34(30,8)46-24/h15,22-24,27-31,39H,9-14,16H2,1-8H3. The quantitative estimate of drug-likeness (QED) is 0.120. The lowest BCUT2D eigenvalue weighted by Crippen LogP contribution is -2.66. The number of ether oxygens (including phenoxy) is 6. The van der Waals surface area contributed by atoms with E-state index in [4.69, 9.17) is 28.4 Å². The Morgan fingerprint density at radius 2 is 1.54 bits per heavy atom. The highest BCUT2D eigenvalue weighted by Crippen LogP contribution is 2.64. The van der Waals surface area contributed by atoms with Crippen LogP contribution in [-0.4, -0.2) is 83.3 Å². The van der Waals surface area contributed by atoms with Crippen LogP contribution in [0.5, 0.6) is 0 Å². The van der Waals surface area contributed by atoms with Gasteiger partial charge in [-0.15, -0.1) is 0 Å². The molecule has 0 bridgehead atoms. The normalized spacial score (nSPS) is 36.6. The van der Waals surface area contributed by atoms with Gasteiger partial charge in [-0.25, -0.2) is 4.79 Å². The number of aliphatic hydroxyl groups is 1. The van der Waals surface area contributed by atoms with Crippen molar-refractivity contribution in [1.29, 1.82) is 0 Å². The molecule has 0 aromatic rings. The molecule has 10 atom stereocenters. The molecule has 2 aliphatic heterocycles. The van der Waals surface area contributed by atoms with Gasteiger partial charge < -0.3 is 33.5 Å². The molecular formula is C34H48O12. The van der Waals surface area contributed by atoms with Crippen LogP contribution in [-0.2, 0) is 52.4 Å². The van der Waals surface area contributed by atoms with Crippen LogP contribution in [0.1, 0.15) is 100 Å². The molecule has 256 valence electrons. The Kier molecular flexibility index (Phi) is 10.7. The smallest absolute Gasteiger partial charge is 0.334 e. The number of carbonyl (C=O) groups excluding carboxylic acids is 5. The molecule has 0 radical (unpaired) electrons. The van der Waals surface area contributed by atoms with Crippen LogP contribution in [0, 0.1) is 11.3 Å². The summed E-state index contributed by atoms with van der Waals surface area (Å²) in [6.07, 6.45) is -1.75. The molecule has 10 unspecified atom stereocenters. The monoisotopic (exact) mass is 648 g/mol. The fourth-order valence-corrected chi connectivity index (χ4v) is 7.79. The molecule has 4 rings (SSSR count). The number of aliphatic hydroxyl groups excluding tert-OH is 1. The van der Waals surface area contributed by atoms with Crippen LogP contribution in [0.4, 0.5) is 0 Å². The van der Waals surface area contributed by atoms with E-state index in [-0.39, 0.29) is 18.4 Å². The van der Waals surface area contributed by atoms with Gasteiger partial charge in [-0.1, -0.05) is 39.5 Å². The van der Waals surface area contributed by atoms with Crippen molar-refractivity contribution in [1.82, 2.24) is 0 Å². The van der Waals surface area contributed by atoms with Gasteiger partial charge in [-0.2, -0.15) is 0 Å². The largest absolute Gasteiger partial charge is 0.462 e. The van der Waals surface area contributed by atoms with Crippen LogP contribution in [0.25, 0.3) is 0 Å². The SMILES string of the molecule is CCCCCCCC(=O)OC1C(C)=CC2OC(=O)C(C)=C2C(OC(C)=O)C2C3(C)OC3CC(OC(C)=O)C2(C)C(OC(C)=O)C1O. The highest BCUT2D eigenvalue weighted by atomic mass is 16.6. The molecule has 1 saturated heterocycles. The van der Waals surface area contributed by atoms with E-state index in [0.29, 0.717) is 17.6 Å². The average molecular weight is 649 g/mol. The van der Waals surface area contributed by atoms with E-state index >= 15 is 0 Å². The van der Waals surface area contributed by atoms with Crippen LogP contribution in [0.2, 0.25) is 0 Å². The molecule has 4 aliphatic rings. The van der Waals surface area contributed by atoms with Gasteiger partial charge in [0.2, 0.25) is 0 Å². The van der Waals surface area contributed by atoms with Gasteiger partial charge >= 0.3 is 29.8 Å². The molecule has 2 aliphatic carbocycles. The topological polar surface area (TPSA) is 164 Å². The minimum absolute atomic E-state index is 0.110. The molecule has 0 aromatic carbocycles. The molecule has 46 heavy (non-hydrogen) atoms. The zero-order chi connectivity index (χ0) is 34.1. The van der Waals surface area contributed by atoms with Crippen molar-refractivity contribution in [2.75, 3.05) is 0 Å². The second kappa shape index (κ2) is 13.9. The number of rotatable bonds is 10. The Morgan fingerprint density at radius 3 is 2.15 bits per heavy atom. The van der Waals surface area contributed by atoms with E-state index < -0.39 is 89.5 Å². The van der Waals surface area contributed by atoms with E-state index in [1.54, 1.807) is 26.8 Å². The Hall–Kier alpha value is -3.25. The molecular weight excluding hydrogens is 600 g/mol. The second-order valence-electron chi connectivity index (χ2n) is 13.4. The van der Waals surface area contributed by atoms with Crippen molar-refractivity contribution in [3.8, 4) is 0 Å². The maximum atomic E-state index is 13.2. The van der Waals surface area contributed by atoms with E-state index in [2.05, 4.69) is 6.92 Å². The first kappa shape index (κ1) is 35.6. The molecule has 0 aromatic heterocycles. The fourth-order valence-electron chi connectivity index (χ4n) is 7.79. The molecule has 12 heteroatoms. The minimum Gasteiger partial charge on any atom is -0.462 e. The second-order valence-corrected chi connectivity index (χ2v) is 13.4. The Balaban J connectivity index is 1.93. The Morgan fingerprint density at radius 1 is 0.913 bits per heavy atom. The number of unbranched alkanes of at least 4 members (excludes halogenated alkanes) is 4. The van der Waals surface area contributed by atoms with Crippen molar-refractivity contribution in [2.24, 2.45) is 11.3 Å². The van der Waals surface area contributed by atoms with Gasteiger partial charge in [0, 0.05) is 50.7 Å². The van der Waals surface area contributed by atoms with Crippen LogP contribution < -0.4 is 0 Å². The summed E-state index contributed by atoms with van der Waals surface area (Å²) in [6.45, 7) is 12.4. The maximum Gasteiger partial charge on any atom is 0.334 e. The zero-order valence-corrected chi connectivity index (χ0v) is 28.1. The molecule has 0 amide bonds. The fraction of sp³-hybridized carbons (Fsp3) is 0.735. The van der Waals surface area contributed by atoms with Crippen molar-refractivity contribution in [3.05, 3.63) is 22.8 Å². The first-order valence-corrected chi connectivity index (χ1v) is 16.2. The average Bonchev–Trinajstić information content (AvgIpc) is 3.53. The summed E-state index contributed by atoms with van der Waals surface area (Å²) in [7, 11) is 0. The number of fused-ring (bicyclic) bond motifs is 4. The van der Waals surface area contributed by atoms with E-state index in [9.17, 15) is 29.1 Å². The van der Waals surface area contributed by atoms with E-state index in [0.717, 1.165) is 25.7 Å². The third kappa shape index (κ3) is 6.88. The molecule has 0 spiro atoms. The van der Waals surface area contributed by atoms with Crippen LogP contribution in [0.3, 0.4) is 0 Å². The summed E-state index contributed by atoms with van der Waals surface area (Å²) in [5.41, 5.74) is -1.65. The maximum absolute atomic E-state index is 13.2. The first-order valence-electron chi connectivity index (χ1n) is 16.2. The van der Waals surface area contributed by atoms with Gasteiger partial charge in [0.15, 0.2) is 6.10 Å².